The number of carbonyl (C=O) groups excluding carboxylic acids is 2. The van der Waals surface area contributed by atoms with Gasteiger partial charge in [0, 0.05) is 43.0 Å². The molecule has 0 spiro atoms. The zero-order valence-corrected chi connectivity index (χ0v) is 16.4. The van der Waals surface area contributed by atoms with Crippen molar-refractivity contribution in [3.63, 3.8) is 0 Å². The van der Waals surface area contributed by atoms with Crippen LogP contribution in [0.25, 0.3) is 11.3 Å². The summed E-state index contributed by atoms with van der Waals surface area (Å²) in [4.78, 5) is 27.1. The minimum Gasteiger partial charge on any atom is -0.461 e. The fourth-order valence-corrected chi connectivity index (χ4v) is 3.89. The molecule has 1 amide bonds. The lowest BCUT2D eigenvalue weighted by molar-refractivity contribution is -0.132. The smallest absolute Gasteiger partial charge is 0.223 e. The fourth-order valence-electron chi connectivity index (χ4n) is 3.89. The second kappa shape index (κ2) is 8.91. The topological polar surface area (TPSA) is 50.5 Å². The number of piperidine rings is 1. The third-order valence-corrected chi connectivity index (χ3v) is 5.58. The molecule has 2 heterocycles. The summed E-state index contributed by atoms with van der Waals surface area (Å²) < 4.78 is 5.89. The van der Waals surface area contributed by atoms with Gasteiger partial charge in [-0.2, -0.15) is 0 Å². The Kier molecular flexibility index (Phi) is 5.89. The maximum atomic E-state index is 12.6. The van der Waals surface area contributed by atoms with E-state index in [1.165, 1.54) is 0 Å². The van der Waals surface area contributed by atoms with E-state index in [1.807, 2.05) is 77.7 Å². The maximum Gasteiger partial charge on any atom is 0.223 e. The number of hydrogen-bond donors (Lipinski definition) is 0. The molecule has 0 radical (unpaired) electrons. The predicted octanol–water partition coefficient (Wildman–Crippen LogP) is 5.00. The lowest BCUT2D eigenvalue weighted by Gasteiger charge is -2.31. The zero-order valence-electron chi connectivity index (χ0n) is 16.4. The number of likely N-dealkylation sites (tertiary alicyclic amines) is 1. The number of rotatable bonds is 6. The molecule has 0 saturated carbocycles. The Morgan fingerprint density at radius 1 is 0.862 bits per heavy atom. The van der Waals surface area contributed by atoms with E-state index in [1.54, 1.807) is 0 Å². The summed E-state index contributed by atoms with van der Waals surface area (Å²) in [6.45, 7) is 1.30. The number of furan rings is 1. The second-order valence-corrected chi connectivity index (χ2v) is 7.52. The van der Waals surface area contributed by atoms with Crippen molar-refractivity contribution in [2.75, 3.05) is 13.1 Å². The van der Waals surface area contributed by atoms with Gasteiger partial charge < -0.3 is 9.32 Å². The van der Waals surface area contributed by atoms with Gasteiger partial charge in [0.2, 0.25) is 5.91 Å². The van der Waals surface area contributed by atoms with Crippen LogP contribution in [-0.2, 0) is 11.2 Å². The van der Waals surface area contributed by atoms with Gasteiger partial charge in [-0.1, -0.05) is 60.7 Å². The van der Waals surface area contributed by atoms with Crippen molar-refractivity contribution in [3.05, 3.63) is 84.1 Å². The van der Waals surface area contributed by atoms with E-state index in [2.05, 4.69) is 0 Å². The van der Waals surface area contributed by atoms with Gasteiger partial charge in [-0.15, -0.1) is 0 Å². The molecule has 0 N–H and O–H groups in total. The molecule has 3 aromatic rings. The molecule has 2 aromatic carbocycles. The average molecular weight is 387 g/mol. The Balaban J connectivity index is 1.26. The highest BCUT2D eigenvalue weighted by Crippen LogP contribution is 2.24. The summed E-state index contributed by atoms with van der Waals surface area (Å²) in [7, 11) is 0. The van der Waals surface area contributed by atoms with Crippen LogP contribution in [0.15, 0.2) is 77.2 Å². The Bertz CT molecular complexity index is 954. The Morgan fingerprint density at radius 2 is 1.52 bits per heavy atom. The average Bonchev–Trinajstić information content (AvgIpc) is 3.27. The third kappa shape index (κ3) is 4.65. The molecule has 4 heteroatoms. The zero-order chi connectivity index (χ0) is 20.1. The molecule has 1 fully saturated rings. The summed E-state index contributed by atoms with van der Waals surface area (Å²) in [6, 6.07) is 23.3. The molecule has 0 aliphatic carbocycles. The van der Waals surface area contributed by atoms with E-state index in [-0.39, 0.29) is 17.6 Å². The number of hydrogen-bond acceptors (Lipinski definition) is 3. The van der Waals surface area contributed by atoms with Gasteiger partial charge in [0.05, 0.1) is 0 Å². The highest BCUT2D eigenvalue weighted by molar-refractivity contribution is 5.98. The van der Waals surface area contributed by atoms with Crippen LogP contribution in [-0.4, -0.2) is 29.7 Å². The van der Waals surface area contributed by atoms with Gasteiger partial charge in [0.25, 0.3) is 0 Å². The third-order valence-electron chi connectivity index (χ3n) is 5.58. The highest BCUT2D eigenvalue weighted by atomic mass is 16.3. The van der Waals surface area contributed by atoms with Crippen molar-refractivity contribution >= 4 is 11.7 Å². The SMILES string of the molecule is O=C(c1ccccc1)C1CCN(C(=O)CCc2ccc(-c3ccccc3)o2)CC1. The number of nitrogens with zero attached hydrogens (tertiary/aromatic N) is 1. The van der Waals surface area contributed by atoms with Crippen LogP contribution in [0.4, 0.5) is 0 Å². The maximum absolute atomic E-state index is 12.6. The molecule has 0 bridgehead atoms. The van der Waals surface area contributed by atoms with Crippen molar-refractivity contribution in [2.45, 2.75) is 25.7 Å². The number of ketones is 1. The molecule has 0 unspecified atom stereocenters. The summed E-state index contributed by atoms with van der Waals surface area (Å²) in [5.41, 5.74) is 1.81. The van der Waals surface area contributed by atoms with Crippen molar-refractivity contribution in [1.29, 1.82) is 0 Å². The number of Topliss-reactive ketones (excluding diaryl/α,β-unsaturated/α-hetero) is 1. The molecule has 1 aromatic heterocycles. The van der Waals surface area contributed by atoms with Gasteiger partial charge in [-0.25, -0.2) is 0 Å². The van der Waals surface area contributed by atoms with Crippen LogP contribution in [0, 0.1) is 5.92 Å². The van der Waals surface area contributed by atoms with Crippen LogP contribution in [0.1, 0.15) is 35.4 Å². The first kappa shape index (κ1) is 19.2. The molecule has 4 nitrogen and oxygen atoms in total. The molecular formula is C25H25NO3. The second-order valence-electron chi connectivity index (χ2n) is 7.52. The Labute approximate surface area is 171 Å². The van der Waals surface area contributed by atoms with Gasteiger partial charge >= 0.3 is 0 Å². The minimum absolute atomic E-state index is 0.0138. The number of benzene rings is 2. The lowest BCUT2D eigenvalue weighted by atomic mass is 9.89. The minimum atomic E-state index is 0.0138. The number of amides is 1. The largest absolute Gasteiger partial charge is 0.461 e. The van der Waals surface area contributed by atoms with Gasteiger partial charge in [-0.05, 0) is 25.0 Å². The van der Waals surface area contributed by atoms with E-state index >= 15 is 0 Å². The first-order valence-corrected chi connectivity index (χ1v) is 10.2. The van der Waals surface area contributed by atoms with Crippen molar-refractivity contribution in [3.8, 4) is 11.3 Å². The Hall–Kier alpha value is -3.14. The monoisotopic (exact) mass is 387 g/mol. The molecule has 1 saturated heterocycles. The Morgan fingerprint density at radius 3 is 2.21 bits per heavy atom. The number of carbonyl (C=O) groups is 2. The predicted molar refractivity (Wildman–Crippen MR) is 113 cm³/mol. The quantitative estimate of drug-likeness (QED) is 0.559. The van der Waals surface area contributed by atoms with Gasteiger partial charge in [-0.3, -0.25) is 9.59 Å². The molecule has 148 valence electrons. The molecule has 1 aliphatic heterocycles. The highest BCUT2D eigenvalue weighted by Gasteiger charge is 2.27. The molecule has 4 rings (SSSR count). The standard InChI is InChI=1S/C25H25NO3/c27-24(14-12-22-11-13-23(29-22)19-7-3-1-4-8-19)26-17-15-21(16-18-26)25(28)20-9-5-2-6-10-20/h1-11,13,21H,12,14-18H2. The van der Waals surface area contributed by atoms with Gasteiger partial charge in [0.15, 0.2) is 5.78 Å². The summed E-state index contributed by atoms with van der Waals surface area (Å²) in [5.74, 6) is 1.99. The van der Waals surface area contributed by atoms with Crippen LogP contribution < -0.4 is 0 Å². The van der Waals surface area contributed by atoms with Crippen LogP contribution in [0.5, 0.6) is 0 Å². The first-order valence-electron chi connectivity index (χ1n) is 10.2. The lowest BCUT2D eigenvalue weighted by Crippen LogP contribution is -2.40. The van der Waals surface area contributed by atoms with Crippen LogP contribution in [0.3, 0.4) is 0 Å². The van der Waals surface area contributed by atoms with Crippen molar-refractivity contribution in [2.24, 2.45) is 5.92 Å². The van der Waals surface area contributed by atoms with Crippen molar-refractivity contribution in [1.82, 2.24) is 4.90 Å². The van der Waals surface area contributed by atoms with Crippen LogP contribution in [0.2, 0.25) is 0 Å². The normalized spacial score (nSPS) is 14.7. The summed E-state index contributed by atoms with van der Waals surface area (Å²) in [6.07, 6.45) is 2.49. The molecular weight excluding hydrogens is 362 g/mol. The van der Waals surface area contributed by atoms with Crippen molar-refractivity contribution < 1.29 is 14.0 Å². The summed E-state index contributed by atoms with van der Waals surface area (Å²) >= 11 is 0. The van der Waals surface area contributed by atoms with Gasteiger partial charge in [0.1, 0.15) is 11.5 Å². The van der Waals surface area contributed by atoms with E-state index < -0.39 is 0 Å². The molecule has 1 aliphatic rings. The van der Waals surface area contributed by atoms with Crippen LogP contribution >= 0.6 is 0 Å². The summed E-state index contributed by atoms with van der Waals surface area (Å²) in [5, 5.41) is 0. The molecule has 0 atom stereocenters. The van der Waals surface area contributed by atoms with E-state index in [0.717, 1.165) is 35.5 Å². The molecule has 29 heavy (non-hydrogen) atoms. The first-order chi connectivity index (χ1) is 14.2. The van der Waals surface area contributed by atoms with E-state index in [4.69, 9.17) is 4.42 Å². The fraction of sp³-hybridized carbons (Fsp3) is 0.280. The van der Waals surface area contributed by atoms with E-state index in [9.17, 15) is 9.59 Å². The van der Waals surface area contributed by atoms with E-state index in [0.29, 0.717) is 25.9 Å². The number of aryl methyl sites for hydroxylation is 1.